The van der Waals surface area contributed by atoms with Gasteiger partial charge in [-0.05, 0) is 31.0 Å². The quantitative estimate of drug-likeness (QED) is 0.928. The lowest BCUT2D eigenvalue weighted by molar-refractivity contribution is -0.129. The molecule has 1 unspecified atom stereocenters. The van der Waals surface area contributed by atoms with Gasteiger partial charge in [0.2, 0.25) is 11.8 Å². The van der Waals surface area contributed by atoms with E-state index in [1.807, 2.05) is 4.90 Å². The average Bonchev–Trinajstić information content (AvgIpc) is 3.10. The van der Waals surface area contributed by atoms with E-state index in [2.05, 4.69) is 5.32 Å². The van der Waals surface area contributed by atoms with Gasteiger partial charge in [-0.3, -0.25) is 9.59 Å². The Morgan fingerprint density at radius 2 is 2.05 bits per heavy atom. The summed E-state index contributed by atoms with van der Waals surface area (Å²) < 4.78 is 13.0. The first-order valence-corrected chi connectivity index (χ1v) is 7.98. The number of anilines is 1. The van der Waals surface area contributed by atoms with Gasteiger partial charge in [-0.25, -0.2) is 4.39 Å². The fraction of sp³-hybridized carbons (Fsp3) is 0.500. The minimum atomic E-state index is -0.452. The Bertz CT molecular complexity index is 602. The summed E-state index contributed by atoms with van der Waals surface area (Å²) in [5.41, 5.74) is 0.375. The third kappa shape index (κ3) is 3.09. The topological polar surface area (TPSA) is 49.4 Å². The molecule has 2 aliphatic rings. The van der Waals surface area contributed by atoms with Crippen molar-refractivity contribution in [2.75, 3.05) is 11.9 Å². The van der Waals surface area contributed by atoms with E-state index in [9.17, 15) is 14.0 Å². The maximum absolute atomic E-state index is 13.0. The van der Waals surface area contributed by atoms with Gasteiger partial charge in [0.15, 0.2) is 0 Å². The molecular weight excluding hydrogens is 307 g/mol. The average molecular weight is 325 g/mol. The van der Waals surface area contributed by atoms with Gasteiger partial charge in [-0.2, -0.15) is 0 Å². The number of hydrogen-bond donors (Lipinski definition) is 1. The summed E-state index contributed by atoms with van der Waals surface area (Å²) in [5.74, 6) is -1.000. The van der Waals surface area contributed by atoms with Crippen molar-refractivity contribution in [1.82, 2.24) is 4.90 Å². The molecule has 1 N–H and O–H groups in total. The molecular formula is C16H18ClFN2O2. The fourth-order valence-electron chi connectivity index (χ4n) is 3.30. The van der Waals surface area contributed by atoms with Crippen LogP contribution in [0.1, 0.15) is 32.1 Å². The lowest BCUT2D eigenvalue weighted by Gasteiger charge is -2.23. The van der Waals surface area contributed by atoms with Gasteiger partial charge in [0.05, 0.1) is 16.6 Å². The number of nitrogens with one attached hydrogen (secondary N) is 1. The zero-order valence-electron chi connectivity index (χ0n) is 12.1. The van der Waals surface area contributed by atoms with E-state index in [1.165, 1.54) is 12.1 Å². The number of carbonyl (C=O) groups excluding carboxylic acids is 2. The number of likely N-dealkylation sites (tertiary alicyclic amines) is 1. The fourth-order valence-corrected chi connectivity index (χ4v) is 3.52. The highest BCUT2D eigenvalue weighted by molar-refractivity contribution is 6.33. The van der Waals surface area contributed by atoms with Crippen molar-refractivity contribution in [2.24, 2.45) is 5.92 Å². The van der Waals surface area contributed by atoms with Gasteiger partial charge in [0, 0.05) is 19.0 Å². The van der Waals surface area contributed by atoms with Crippen molar-refractivity contribution in [3.8, 4) is 0 Å². The smallest absolute Gasteiger partial charge is 0.229 e. The second-order valence-corrected chi connectivity index (χ2v) is 6.41. The van der Waals surface area contributed by atoms with Gasteiger partial charge in [-0.15, -0.1) is 0 Å². The van der Waals surface area contributed by atoms with E-state index in [1.54, 1.807) is 0 Å². The molecule has 1 aromatic carbocycles. The number of halogens is 2. The van der Waals surface area contributed by atoms with Crippen LogP contribution in [0.5, 0.6) is 0 Å². The molecule has 1 saturated carbocycles. The van der Waals surface area contributed by atoms with Crippen molar-refractivity contribution in [2.45, 2.75) is 38.1 Å². The highest BCUT2D eigenvalue weighted by Gasteiger charge is 2.38. The molecule has 22 heavy (non-hydrogen) atoms. The number of rotatable bonds is 3. The molecule has 4 nitrogen and oxygen atoms in total. The molecule has 6 heteroatoms. The number of nitrogens with zero attached hydrogens (tertiary/aromatic N) is 1. The number of benzene rings is 1. The molecule has 1 aromatic rings. The van der Waals surface area contributed by atoms with E-state index in [0.717, 1.165) is 31.7 Å². The summed E-state index contributed by atoms with van der Waals surface area (Å²) in [7, 11) is 0. The highest BCUT2D eigenvalue weighted by atomic mass is 35.5. The summed E-state index contributed by atoms with van der Waals surface area (Å²) in [6.07, 6.45) is 4.60. The molecule has 1 aliphatic carbocycles. The maximum atomic E-state index is 13.0. The van der Waals surface area contributed by atoms with Crippen LogP contribution in [0, 0.1) is 11.7 Å². The first-order valence-electron chi connectivity index (χ1n) is 7.60. The molecule has 118 valence electrons. The molecule has 1 atom stereocenters. The molecule has 1 heterocycles. The summed E-state index contributed by atoms with van der Waals surface area (Å²) in [5, 5.41) is 2.85. The summed E-state index contributed by atoms with van der Waals surface area (Å²) in [6, 6.07) is 4.12. The summed E-state index contributed by atoms with van der Waals surface area (Å²) >= 11 is 5.91. The molecule has 2 fully saturated rings. The Kier molecular flexibility index (Phi) is 4.34. The normalized spacial score (nSPS) is 22.4. The summed E-state index contributed by atoms with van der Waals surface area (Å²) in [6.45, 7) is 0.466. The van der Waals surface area contributed by atoms with Crippen LogP contribution in [0.15, 0.2) is 18.2 Å². The van der Waals surface area contributed by atoms with Gasteiger partial charge in [0.25, 0.3) is 0 Å². The third-order valence-electron chi connectivity index (χ3n) is 4.48. The van der Waals surface area contributed by atoms with E-state index in [4.69, 9.17) is 11.6 Å². The van der Waals surface area contributed by atoms with Gasteiger partial charge in [0.1, 0.15) is 5.82 Å². The van der Waals surface area contributed by atoms with Gasteiger partial charge >= 0.3 is 0 Å². The van der Waals surface area contributed by atoms with Crippen LogP contribution in [0.2, 0.25) is 5.02 Å². The second-order valence-electron chi connectivity index (χ2n) is 6.00. The van der Waals surface area contributed by atoms with Crippen molar-refractivity contribution in [3.05, 3.63) is 29.0 Å². The van der Waals surface area contributed by atoms with E-state index < -0.39 is 5.82 Å². The van der Waals surface area contributed by atoms with E-state index >= 15 is 0 Å². The van der Waals surface area contributed by atoms with Crippen LogP contribution in [-0.4, -0.2) is 29.3 Å². The van der Waals surface area contributed by atoms with Crippen LogP contribution in [0.4, 0.5) is 10.1 Å². The SMILES string of the molecule is O=C(Nc1ccc(F)cc1Cl)C1CC(=O)N(C2CCCC2)C1. The third-order valence-corrected chi connectivity index (χ3v) is 4.80. The Labute approximate surface area is 133 Å². The Morgan fingerprint density at radius 1 is 1.32 bits per heavy atom. The largest absolute Gasteiger partial charge is 0.339 e. The van der Waals surface area contributed by atoms with E-state index in [-0.39, 0.29) is 29.2 Å². The zero-order valence-corrected chi connectivity index (χ0v) is 12.9. The van der Waals surface area contributed by atoms with Crippen molar-refractivity contribution >= 4 is 29.1 Å². The molecule has 0 aromatic heterocycles. The van der Waals surface area contributed by atoms with Crippen LogP contribution < -0.4 is 5.32 Å². The monoisotopic (exact) mass is 324 g/mol. The van der Waals surface area contributed by atoms with Crippen LogP contribution >= 0.6 is 11.6 Å². The van der Waals surface area contributed by atoms with Crippen LogP contribution in [-0.2, 0) is 9.59 Å². The van der Waals surface area contributed by atoms with Gasteiger partial charge in [-0.1, -0.05) is 24.4 Å². The van der Waals surface area contributed by atoms with Gasteiger partial charge < -0.3 is 10.2 Å². The van der Waals surface area contributed by atoms with Crippen LogP contribution in [0.25, 0.3) is 0 Å². The Morgan fingerprint density at radius 3 is 2.73 bits per heavy atom. The zero-order chi connectivity index (χ0) is 15.7. The maximum Gasteiger partial charge on any atom is 0.229 e. The summed E-state index contributed by atoms with van der Waals surface area (Å²) in [4.78, 5) is 26.3. The van der Waals surface area contributed by atoms with Crippen molar-refractivity contribution < 1.29 is 14.0 Å². The Balaban J connectivity index is 1.64. The molecule has 1 saturated heterocycles. The first kappa shape index (κ1) is 15.3. The van der Waals surface area contributed by atoms with Crippen LogP contribution in [0.3, 0.4) is 0 Å². The second kappa shape index (κ2) is 6.24. The first-order chi connectivity index (χ1) is 10.5. The Hall–Kier alpha value is -1.62. The minimum Gasteiger partial charge on any atom is -0.339 e. The predicted molar refractivity (Wildman–Crippen MR) is 82.1 cm³/mol. The minimum absolute atomic E-state index is 0.0530. The molecule has 1 aliphatic heterocycles. The lowest BCUT2D eigenvalue weighted by Crippen LogP contribution is -2.35. The predicted octanol–water partition coefficient (Wildman–Crippen LogP) is 3.21. The lowest BCUT2D eigenvalue weighted by atomic mass is 10.1. The molecule has 3 rings (SSSR count). The molecule has 2 amide bonds. The van der Waals surface area contributed by atoms with Crippen molar-refractivity contribution in [3.63, 3.8) is 0 Å². The van der Waals surface area contributed by atoms with E-state index in [0.29, 0.717) is 18.3 Å². The standard InChI is InChI=1S/C16H18ClFN2O2/c17-13-8-11(18)5-6-14(13)19-16(22)10-7-15(21)20(9-10)12-3-1-2-4-12/h5-6,8,10,12H,1-4,7,9H2,(H,19,22). The number of amides is 2. The highest BCUT2D eigenvalue weighted by Crippen LogP contribution is 2.30. The number of carbonyl (C=O) groups is 2. The molecule has 0 bridgehead atoms. The van der Waals surface area contributed by atoms with Crippen molar-refractivity contribution in [1.29, 1.82) is 0 Å². The molecule has 0 spiro atoms. The molecule has 0 radical (unpaired) electrons. The number of hydrogen-bond acceptors (Lipinski definition) is 2.